The average Bonchev–Trinajstić information content (AvgIpc) is 2.64. The molecule has 2 aromatic heterocycles. The highest BCUT2D eigenvalue weighted by Gasteiger charge is 2.04. The van der Waals surface area contributed by atoms with E-state index in [0.29, 0.717) is 6.61 Å². The first-order valence-corrected chi connectivity index (χ1v) is 5.30. The number of hydrogen-bond donors (Lipinski definition) is 0. The second-order valence-corrected chi connectivity index (χ2v) is 3.82. The maximum Gasteiger partial charge on any atom is 0.243 e. The highest BCUT2D eigenvalue weighted by Crippen LogP contribution is 2.14. The number of pyridine rings is 1. The third-order valence-corrected chi connectivity index (χ3v) is 2.52. The Balaban J connectivity index is 2.24. The minimum absolute atomic E-state index is 0.261. The van der Waals surface area contributed by atoms with E-state index < -0.39 is 0 Å². The van der Waals surface area contributed by atoms with Crippen molar-refractivity contribution in [3.63, 3.8) is 0 Å². The molecule has 0 fully saturated rings. The lowest BCUT2D eigenvalue weighted by molar-refractivity contribution is 0.206. The fourth-order valence-corrected chi connectivity index (χ4v) is 1.60. The number of anilines is 1. The van der Waals surface area contributed by atoms with Crippen LogP contribution in [0.2, 0.25) is 5.28 Å². The van der Waals surface area contributed by atoms with Crippen LogP contribution in [-0.4, -0.2) is 41.9 Å². The van der Waals surface area contributed by atoms with Crippen LogP contribution >= 0.6 is 11.6 Å². The van der Waals surface area contributed by atoms with E-state index in [2.05, 4.69) is 15.0 Å². The van der Waals surface area contributed by atoms with Crippen LogP contribution in [0, 0.1) is 0 Å². The molecule has 0 aromatic carbocycles. The molecular weight excluding hydrogens is 228 g/mol. The number of aromatic nitrogens is 3. The van der Waals surface area contributed by atoms with E-state index in [-0.39, 0.29) is 5.28 Å². The molecule has 0 spiro atoms. The standard InChI is InChI=1S/C10H13ClN4O/c1-14(5-6-16-2)8-3-4-9-12-10(11)13-15(9)7-8/h3-4,7H,5-6H2,1-2H3. The Bertz CT molecular complexity index is 485. The van der Waals surface area contributed by atoms with Crippen LogP contribution in [-0.2, 0) is 4.74 Å². The van der Waals surface area contributed by atoms with Crippen LogP contribution in [0.1, 0.15) is 0 Å². The first-order valence-electron chi connectivity index (χ1n) is 4.92. The first kappa shape index (κ1) is 11.2. The van der Waals surface area contributed by atoms with Crippen molar-refractivity contribution in [2.24, 2.45) is 0 Å². The first-order chi connectivity index (χ1) is 7.70. The van der Waals surface area contributed by atoms with E-state index in [4.69, 9.17) is 16.3 Å². The summed E-state index contributed by atoms with van der Waals surface area (Å²) in [5.41, 5.74) is 1.79. The summed E-state index contributed by atoms with van der Waals surface area (Å²) >= 11 is 5.72. The van der Waals surface area contributed by atoms with E-state index in [1.807, 2.05) is 25.4 Å². The number of rotatable bonds is 4. The molecule has 0 aliphatic rings. The lowest BCUT2D eigenvalue weighted by Crippen LogP contribution is -2.22. The normalized spacial score (nSPS) is 10.9. The summed E-state index contributed by atoms with van der Waals surface area (Å²) in [5.74, 6) is 0. The van der Waals surface area contributed by atoms with Crippen LogP contribution in [0.4, 0.5) is 5.69 Å². The zero-order valence-corrected chi connectivity index (χ0v) is 9.98. The Morgan fingerprint density at radius 2 is 2.31 bits per heavy atom. The molecule has 0 bridgehead atoms. The SMILES string of the molecule is COCCN(C)c1ccc2nc(Cl)nn2c1. The average molecular weight is 241 g/mol. The molecule has 5 nitrogen and oxygen atoms in total. The molecule has 0 amide bonds. The van der Waals surface area contributed by atoms with Crippen molar-refractivity contribution in [3.05, 3.63) is 23.6 Å². The van der Waals surface area contributed by atoms with Gasteiger partial charge in [0.25, 0.3) is 0 Å². The van der Waals surface area contributed by atoms with E-state index in [9.17, 15) is 0 Å². The molecule has 86 valence electrons. The minimum atomic E-state index is 0.261. The molecule has 0 N–H and O–H groups in total. The zero-order valence-electron chi connectivity index (χ0n) is 9.22. The Hall–Kier alpha value is -1.33. The van der Waals surface area contributed by atoms with Gasteiger partial charge in [-0.15, -0.1) is 5.10 Å². The molecular formula is C10H13ClN4O. The van der Waals surface area contributed by atoms with Gasteiger partial charge in [0.15, 0.2) is 5.65 Å². The maximum absolute atomic E-state index is 5.72. The summed E-state index contributed by atoms with van der Waals surface area (Å²) in [6.45, 7) is 1.51. The topological polar surface area (TPSA) is 42.7 Å². The van der Waals surface area contributed by atoms with Crippen LogP contribution < -0.4 is 4.90 Å². The van der Waals surface area contributed by atoms with E-state index >= 15 is 0 Å². The van der Waals surface area contributed by atoms with E-state index in [1.54, 1.807) is 11.6 Å². The largest absolute Gasteiger partial charge is 0.383 e. The fraction of sp³-hybridized carbons (Fsp3) is 0.400. The Morgan fingerprint density at radius 3 is 3.06 bits per heavy atom. The van der Waals surface area contributed by atoms with Crippen molar-refractivity contribution in [2.75, 3.05) is 32.2 Å². The quantitative estimate of drug-likeness (QED) is 0.812. The lowest BCUT2D eigenvalue weighted by Gasteiger charge is -2.18. The molecule has 0 radical (unpaired) electrons. The molecule has 0 aliphatic heterocycles. The van der Waals surface area contributed by atoms with E-state index in [1.165, 1.54) is 0 Å². The third-order valence-electron chi connectivity index (χ3n) is 2.36. The predicted octanol–water partition coefficient (Wildman–Crippen LogP) is 1.47. The molecule has 0 saturated carbocycles. The molecule has 16 heavy (non-hydrogen) atoms. The maximum atomic E-state index is 5.72. The lowest BCUT2D eigenvalue weighted by atomic mass is 10.4. The molecule has 2 rings (SSSR count). The Morgan fingerprint density at radius 1 is 1.50 bits per heavy atom. The van der Waals surface area contributed by atoms with E-state index in [0.717, 1.165) is 17.9 Å². The number of nitrogens with zero attached hydrogens (tertiary/aromatic N) is 4. The van der Waals surface area contributed by atoms with Gasteiger partial charge in [0, 0.05) is 20.7 Å². The second-order valence-electron chi connectivity index (χ2n) is 3.49. The van der Waals surface area contributed by atoms with Gasteiger partial charge < -0.3 is 9.64 Å². The van der Waals surface area contributed by atoms with Crippen LogP contribution in [0.15, 0.2) is 18.3 Å². The van der Waals surface area contributed by atoms with Gasteiger partial charge in [0.05, 0.1) is 18.5 Å². The molecule has 0 unspecified atom stereocenters. The number of ether oxygens (including phenoxy) is 1. The van der Waals surface area contributed by atoms with Crippen molar-refractivity contribution in [1.82, 2.24) is 14.6 Å². The molecule has 2 aromatic rings. The number of likely N-dealkylation sites (N-methyl/N-ethyl adjacent to an activating group) is 1. The van der Waals surface area contributed by atoms with Gasteiger partial charge in [-0.3, -0.25) is 0 Å². The van der Waals surface area contributed by atoms with Gasteiger partial charge >= 0.3 is 0 Å². The number of halogens is 1. The van der Waals surface area contributed by atoms with Crippen molar-refractivity contribution in [3.8, 4) is 0 Å². The number of fused-ring (bicyclic) bond motifs is 1. The van der Waals surface area contributed by atoms with Gasteiger partial charge in [-0.1, -0.05) is 0 Å². The Kier molecular flexibility index (Phi) is 3.26. The highest BCUT2D eigenvalue weighted by atomic mass is 35.5. The fourth-order valence-electron chi connectivity index (χ4n) is 1.43. The van der Waals surface area contributed by atoms with Gasteiger partial charge in [-0.2, -0.15) is 4.98 Å². The van der Waals surface area contributed by atoms with Crippen molar-refractivity contribution < 1.29 is 4.74 Å². The van der Waals surface area contributed by atoms with Crippen LogP contribution in [0.5, 0.6) is 0 Å². The molecule has 2 heterocycles. The van der Waals surface area contributed by atoms with Gasteiger partial charge in [-0.05, 0) is 23.7 Å². The second kappa shape index (κ2) is 4.67. The summed E-state index contributed by atoms with van der Waals surface area (Å²) in [7, 11) is 3.69. The van der Waals surface area contributed by atoms with Crippen molar-refractivity contribution >= 4 is 22.9 Å². The summed E-state index contributed by atoms with van der Waals surface area (Å²) in [6, 6.07) is 3.87. The smallest absolute Gasteiger partial charge is 0.243 e. The summed E-state index contributed by atoms with van der Waals surface area (Å²) in [6.07, 6.45) is 1.89. The number of hydrogen-bond acceptors (Lipinski definition) is 4. The molecule has 0 saturated heterocycles. The Labute approximate surface area is 98.6 Å². The summed E-state index contributed by atoms with van der Waals surface area (Å²) in [4.78, 5) is 6.13. The molecule has 0 atom stereocenters. The summed E-state index contributed by atoms with van der Waals surface area (Å²) < 4.78 is 6.70. The summed E-state index contributed by atoms with van der Waals surface area (Å²) in [5, 5.41) is 4.31. The van der Waals surface area contributed by atoms with Crippen LogP contribution in [0.3, 0.4) is 0 Å². The van der Waals surface area contributed by atoms with Gasteiger partial charge in [-0.25, -0.2) is 4.52 Å². The molecule has 0 aliphatic carbocycles. The third kappa shape index (κ3) is 2.25. The predicted molar refractivity (Wildman–Crippen MR) is 63.1 cm³/mol. The van der Waals surface area contributed by atoms with Crippen molar-refractivity contribution in [2.45, 2.75) is 0 Å². The number of methoxy groups -OCH3 is 1. The van der Waals surface area contributed by atoms with Gasteiger partial charge in [0.1, 0.15) is 0 Å². The zero-order chi connectivity index (χ0) is 11.5. The monoisotopic (exact) mass is 240 g/mol. The van der Waals surface area contributed by atoms with Crippen LogP contribution in [0.25, 0.3) is 5.65 Å². The minimum Gasteiger partial charge on any atom is -0.383 e. The highest BCUT2D eigenvalue weighted by molar-refractivity contribution is 6.28. The van der Waals surface area contributed by atoms with Crippen molar-refractivity contribution in [1.29, 1.82) is 0 Å². The van der Waals surface area contributed by atoms with Gasteiger partial charge in [0.2, 0.25) is 5.28 Å². The molecule has 6 heteroatoms.